The van der Waals surface area contributed by atoms with Crippen LogP contribution in [0.4, 0.5) is 0 Å². The van der Waals surface area contributed by atoms with Crippen LogP contribution in [0.15, 0.2) is 42.5 Å². The van der Waals surface area contributed by atoms with Crippen molar-refractivity contribution in [1.29, 1.82) is 0 Å². The van der Waals surface area contributed by atoms with Crippen molar-refractivity contribution in [3.63, 3.8) is 0 Å². The summed E-state index contributed by atoms with van der Waals surface area (Å²) in [7, 11) is 2.08. The molecule has 1 aliphatic rings. The quantitative estimate of drug-likeness (QED) is 0.526. The molecular formula is C22H20Cl4N3O-. The van der Waals surface area contributed by atoms with E-state index in [1.165, 1.54) is 0 Å². The fourth-order valence-electron chi connectivity index (χ4n) is 3.63. The van der Waals surface area contributed by atoms with Gasteiger partial charge in [0, 0.05) is 30.6 Å². The SMILES string of the molecule is CN1CCCN(C(=O)c2cc(-c3ccc(Cl)c(Cl)c3Cl)nc3ccccc23)CC1.[Cl-]. The number of likely N-dealkylation sites (N-methyl/N-ethyl adjacent to an activating group) is 1. The van der Waals surface area contributed by atoms with Gasteiger partial charge < -0.3 is 22.2 Å². The van der Waals surface area contributed by atoms with E-state index >= 15 is 0 Å². The van der Waals surface area contributed by atoms with Gasteiger partial charge in [-0.25, -0.2) is 4.98 Å². The van der Waals surface area contributed by atoms with Crippen LogP contribution in [0.25, 0.3) is 22.2 Å². The number of carbonyl (C=O) groups is 1. The second-order valence-electron chi connectivity index (χ2n) is 7.24. The molecule has 8 heteroatoms. The van der Waals surface area contributed by atoms with Gasteiger partial charge >= 0.3 is 0 Å². The Kier molecular flexibility index (Phi) is 7.48. The molecule has 0 atom stereocenters. The van der Waals surface area contributed by atoms with Gasteiger partial charge in [0.25, 0.3) is 5.91 Å². The number of fused-ring (bicyclic) bond motifs is 1. The van der Waals surface area contributed by atoms with E-state index in [2.05, 4.69) is 11.9 Å². The van der Waals surface area contributed by atoms with Crippen molar-refractivity contribution >= 4 is 51.6 Å². The molecule has 0 unspecified atom stereocenters. The number of hydrogen-bond acceptors (Lipinski definition) is 3. The summed E-state index contributed by atoms with van der Waals surface area (Å²) in [6.45, 7) is 3.29. The number of para-hydroxylation sites is 1. The summed E-state index contributed by atoms with van der Waals surface area (Å²) in [5, 5.41) is 1.82. The number of pyridine rings is 1. The van der Waals surface area contributed by atoms with Crippen molar-refractivity contribution in [2.24, 2.45) is 0 Å². The molecular weight excluding hydrogens is 464 g/mol. The monoisotopic (exact) mass is 482 g/mol. The highest BCUT2D eigenvalue weighted by atomic mass is 35.5. The van der Waals surface area contributed by atoms with Crippen LogP contribution in [0.3, 0.4) is 0 Å². The summed E-state index contributed by atoms with van der Waals surface area (Å²) < 4.78 is 0. The number of rotatable bonds is 2. The molecule has 0 radical (unpaired) electrons. The maximum absolute atomic E-state index is 13.5. The third kappa shape index (κ3) is 4.53. The fraction of sp³-hybridized carbons (Fsp3) is 0.273. The first-order chi connectivity index (χ1) is 14.0. The van der Waals surface area contributed by atoms with Crippen LogP contribution < -0.4 is 12.4 Å². The number of hydrogen-bond donors (Lipinski definition) is 0. The van der Waals surface area contributed by atoms with E-state index in [9.17, 15) is 4.79 Å². The molecule has 158 valence electrons. The number of aromatic nitrogens is 1. The average Bonchev–Trinajstić information content (AvgIpc) is 2.95. The summed E-state index contributed by atoms with van der Waals surface area (Å²) in [4.78, 5) is 22.4. The molecule has 1 aromatic heterocycles. The normalized spacial score (nSPS) is 15.0. The molecule has 1 amide bonds. The maximum Gasteiger partial charge on any atom is 0.254 e. The fourth-order valence-corrected chi connectivity index (χ4v) is 4.27. The Labute approximate surface area is 197 Å². The Bertz CT molecular complexity index is 1090. The van der Waals surface area contributed by atoms with Crippen LogP contribution in [0.2, 0.25) is 15.1 Å². The Morgan fingerprint density at radius 3 is 2.53 bits per heavy atom. The summed E-state index contributed by atoms with van der Waals surface area (Å²) >= 11 is 18.8. The van der Waals surface area contributed by atoms with Crippen molar-refractivity contribution in [2.45, 2.75) is 6.42 Å². The zero-order valence-corrected chi connectivity index (χ0v) is 19.4. The van der Waals surface area contributed by atoms with E-state index in [0.717, 1.165) is 37.0 Å². The van der Waals surface area contributed by atoms with Gasteiger partial charge in [0.1, 0.15) is 0 Å². The molecule has 0 aliphatic carbocycles. The summed E-state index contributed by atoms with van der Waals surface area (Å²) in [6, 6.07) is 12.9. The Morgan fingerprint density at radius 2 is 1.73 bits per heavy atom. The molecule has 0 bridgehead atoms. The van der Waals surface area contributed by atoms with E-state index in [-0.39, 0.29) is 23.3 Å². The van der Waals surface area contributed by atoms with Crippen LogP contribution in [-0.4, -0.2) is 53.9 Å². The van der Waals surface area contributed by atoms with Gasteiger partial charge in [-0.2, -0.15) is 0 Å². The van der Waals surface area contributed by atoms with Gasteiger partial charge in [-0.1, -0.05) is 53.0 Å². The zero-order valence-electron chi connectivity index (χ0n) is 16.3. The number of benzene rings is 2. The number of halogens is 4. The molecule has 3 aromatic rings. The van der Waals surface area contributed by atoms with Crippen LogP contribution in [0.5, 0.6) is 0 Å². The van der Waals surface area contributed by atoms with E-state index in [1.54, 1.807) is 12.1 Å². The van der Waals surface area contributed by atoms with Crippen LogP contribution >= 0.6 is 34.8 Å². The van der Waals surface area contributed by atoms with Gasteiger partial charge in [-0.05, 0) is 44.3 Å². The molecule has 1 fully saturated rings. The highest BCUT2D eigenvalue weighted by molar-refractivity contribution is 6.49. The molecule has 0 saturated carbocycles. The smallest absolute Gasteiger partial charge is 0.254 e. The Morgan fingerprint density at radius 1 is 0.967 bits per heavy atom. The minimum Gasteiger partial charge on any atom is -1.00 e. The number of nitrogens with zero attached hydrogens (tertiary/aromatic N) is 3. The van der Waals surface area contributed by atoms with Gasteiger partial charge in [-0.15, -0.1) is 0 Å². The molecule has 4 nitrogen and oxygen atoms in total. The van der Waals surface area contributed by atoms with Gasteiger partial charge in [0.05, 0.1) is 31.8 Å². The van der Waals surface area contributed by atoms with Crippen molar-refractivity contribution in [3.8, 4) is 11.3 Å². The predicted molar refractivity (Wildman–Crippen MR) is 120 cm³/mol. The van der Waals surface area contributed by atoms with Crippen LogP contribution in [-0.2, 0) is 0 Å². The lowest BCUT2D eigenvalue weighted by Gasteiger charge is -2.22. The van der Waals surface area contributed by atoms with Gasteiger partial charge in [0.2, 0.25) is 0 Å². The van der Waals surface area contributed by atoms with E-state index in [4.69, 9.17) is 39.8 Å². The van der Waals surface area contributed by atoms with E-state index < -0.39 is 0 Å². The van der Waals surface area contributed by atoms with E-state index in [1.807, 2.05) is 35.2 Å². The molecule has 1 aliphatic heterocycles. The first kappa shape index (κ1) is 23.1. The Hall–Kier alpha value is -1.56. The lowest BCUT2D eigenvalue weighted by Crippen LogP contribution is -3.00. The predicted octanol–water partition coefficient (Wildman–Crippen LogP) is 2.64. The second-order valence-corrected chi connectivity index (χ2v) is 8.41. The van der Waals surface area contributed by atoms with Crippen molar-refractivity contribution in [2.75, 3.05) is 33.2 Å². The van der Waals surface area contributed by atoms with Crippen molar-refractivity contribution in [1.82, 2.24) is 14.8 Å². The first-order valence-electron chi connectivity index (χ1n) is 9.47. The van der Waals surface area contributed by atoms with Gasteiger partial charge in [-0.3, -0.25) is 4.79 Å². The summed E-state index contributed by atoms with van der Waals surface area (Å²) in [5.41, 5.74) is 2.61. The molecule has 2 aromatic carbocycles. The standard InChI is InChI=1S/C22H20Cl3N3O.ClH/c1-27-9-4-10-28(12-11-27)22(29)16-13-19(26-18-6-3-2-5-14(16)18)15-7-8-17(23)21(25)20(15)24;/h2-3,5-8,13H,4,9-12H2,1H3;1H/p-1. The maximum atomic E-state index is 13.5. The zero-order chi connectivity index (χ0) is 20.5. The molecule has 1 saturated heterocycles. The first-order valence-corrected chi connectivity index (χ1v) is 10.6. The third-order valence-corrected chi connectivity index (χ3v) is 6.56. The molecule has 0 spiro atoms. The number of carbonyl (C=O) groups excluding carboxylic acids is 1. The topological polar surface area (TPSA) is 36.4 Å². The minimum absolute atomic E-state index is 0. The molecule has 30 heavy (non-hydrogen) atoms. The summed E-state index contributed by atoms with van der Waals surface area (Å²) in [6.07, 6.45) is 0.955. The molecule has 4 rings (SSSR count). The van der Waals surface area contributed by atoms with Crippen molar-refractivity contribution in [3.05, 3.63) is 63.1 Å². The Balaban J connectivity index is 0.00000256. The van der Waals surface area contributed by atoms with Crippen molar-refractivity contribution < 1.29 is 17.2 Å². The second kappa shape index (κ2) is 9.71. The lowest BCUT2D eigenvalue weighted by atomic mass is 10.0. The average molecular weight is 484 g/mol. The molecule has 2 heterocycles. The minimum atomic E-state index is 0. The number of amides is 1. The van der Waals surface area contributed by atoms with Crippen LogP contribution in [0.1, 0.15) is 16.8 Å². The highest BCUT2D eigenvalue weighted by Gasteiger charge is 2.23. The van der Waals surface area contributed by atoms with Crippen LogP contribution in [0, 0.1) is 0 Å². The highest BCUT2D eigenvalue weighted by Crippen LogP contribution is 2.38. The summed E-state index contributed by atoms with van der Waals surface area (Å²) in [5.74, 6) is 0.0105. The molecule has 0 N–H and O–H groups in total. The largest absolute Gasteiger partial charge is 1.00 e. The van der Waals surface area contributed by atoms with Gasteiger partial charge in [0.15, 0.2) is 0 Å². The third-order valence-electron chi connectivity index (χ3n) is 5.26. The van der Waals surface area contributed by atoms with E-state index in [0.29, 0.717) is 33.4 Å². The lowest BCUT2D eigenvalue weighted by molar-refractivity contribution is -0.0000153.